The summed E-state index contributed by atoms with van der Waals surface area (Å²) in [6.45, 7) is 1.49. The van der Waals surface area contributed by atoms with Crippen LogP contribution in [0.5, 0.6) is 0 Å². The maximum atomic E-state index is 11.9. The average Bonchev–Trinajstić information content (AvgIpc) is 2.29. The minimum atomic E-state index is -4.62. The molecule has 8 heteroatoms. The number of benzene rings is 1. The van der Waals surface area contributed by atoms with Gasteiger partial charge in [0, 0.05) is 5.69 Å². The van der Waals surface area contributed by atoms with Gasteiger partial charge in [0.2, 0.25) is 0 Å². The molecule has 0 atom stereocenters. The molecule has 0 heterocycles. The van der Waals surface area contributed by atoms with Crippen molar-refractivity contribution in [3.05, 3.63) is 28.8 Å². The molecular formula is C12H12F3NO4. The van der Waals surface area contributed by atoms with E-state index in [2.05, 4.69) is 10.1 Å². The van der Waals surface area contributed by atoms with Crippen LogP contribution in [0.4, 0.5) is 23.7 Å². The van der Waals surface area contributed by atoms with Crippen molar-refractivity contribution in [2.45, 2.75) is 20.0 Å². The predicted octanol–water partition coefficient (Wildman–Crippen LogP) is 3.11. The molecule has 0 bridgehead atoms. The van der Waals surface area contributed by atoms with Crippen LogP contribution in [0.1, 0.15) is 21.5 Å². The molecule has 5 nitrogen and oxygen atoms in total. The molecule has 0 saturated heterocycles. The lowest BCUT2D eigenvalue weighted by molar-refractivity contribution is -0.159. The van der Waals surface area contributed by atoms with Gasteiger partial charge in [-0.15, -0.1) is 0 Å². The van der Waals surface area contributed by atoms with Gasteiger partial charge in [0.05, 0.1) is 5.56 Å². The first kappa shape index (κ1) is 15.8. The summed E-state index contributed by atoms with van der Waals surface area (Å²) in [5, 5.41) is 11.0. The Bertz CT molecular complexity index is 540. The first-order valence-corrected chi connectivity index (χ1v) is 5.45. The fourth-order valence-corrected chi connectivity index (χ4v) is 1.45. The largest absolute Gasteiger partial charge is 0.478 e. The van der Waals surface area contributed by atoms with Gasteiger partial charge in [-0.05, 0) is 37.1 Å². The van der Waals surface area contributed by atoms with Crippen LogP contribution in [0.25, 0.3) is 0 Å². The number of carboxylic acid groups (broad SMARTS) is 1. The van der Waals surface area contributed by atoms with Crippen LogP contribution in [-0.4, -0.2) is 30.0 Å². The SMILES string of the molecule is Cc1cc(NC(=O)OCC(F)(F)F)cc(C(=O)O)c1C. The van der Waals surface area contributed by atoms with Crippen LogP contribution < -0.4 is 5.32 Å². The third kappa shape index (κ3) is 4.45. The van der Waals surface area contributed by atoms with Gasteiger partial charge < -0.3 is 9.84 Å². The summed E-state index contributed by atoms with van der Waals surface area (Å²) in [7, 11) is 0. The Labute approximate surface area is 112 Å². The van der Waals surface area contributed by atoms with E-state index in [1.165, 1.54) is 6.07 Å². The van der Waals surface area contributed by atoms with E-state index in [0.29, 0.717) is 11.1 Å². The van der Waals surface area contributed by atoms with Gasteiger partial charge in [-0.2, -0.15) is 13.2 Å². The summed E-state index contributed by atoms with van der Waals surface area (Å²) in [5.74, 6) is -1.20. The minimum absolute atomic E-state index is 0.0453. The van der Waals surface area contributed by atoms with E-state index in [1.807, 2.05) is 0 Å². The number of alkyl halides is 3. The lowest BCUT2D eigenvalue weighted by atomic mass is 10.0. The zero-order valence-electron chi connectivity index (χ0n) is 10.7. The fraction of sp³-hybridized carbons (Fsp3) is 0.333. The molecule has 1 aromatic rings. The molecule has 0 fully saturated rings. The van der Waals surface area contributed by atoms with Crippen LogP contribution >= 0.6 is 0 Å². The number of carboxylic acids is 1. The molecule has 2 N–H and O–H groups in total. The molecule has 0 radical (unpaired) electrons. The number of hydrogen-bond donors (Lipinski definition) is 2. The third-order valence-corrected chi connectivity index (χ3v) is 2.51. The zero-order valence-corrected chi connectivity index (χ0v) is 10.7. The summed E-state index contributed by atoms with van der Waals surface area (Å²) < 4.78 is 39.5. The highest BCUT2D eigenvalue weighted by Gasteiger charge is 2.29. The summed E-state index contributed by atoms with van der Waals surface area (Å²) in [6.07, 6.45) is -5.92. The van der Waals surface area contributed by atoms with Crippen molar-refractivity contribution in [1.29, 1.82) is 0 Å². The number of aromatic carboxylic acids is 1. The monoisotopic (exact) mass is 291 g/mol. The number of carbonyl (C=O) groups is 2. The van der Waals surface area contributed by atoms with Crippen molar-refractivity contribution in [3.8, 4) is 0 Å². The normalized spacial score (nSPS) is 11.1. The highest BCUT2D eigenvalue weighted by atomic mass is 19.4. The Morgan fingerprint density at radius 3 is 2.40 bits per heavy atom. The van der Waals surface area contributed by atoms with Gasteiger partial charge in [0.25, 0.3) is 0 Å². The smallest absolute Gasteiger partial charge is 0.422 e. The number of amides is 1. The number of hydrogen-bond acceptors (Lipinski definition) is 3. The van der Waals surface area contributed by atoms with Crippen molar-refractivity contribution >= 4 is 17.7 Å². The molecule has 0 aliphatic rings. The summed E-state index contributed by atoms with van der Waals surface area (Å²) in [4.78, 5) is 22.1. The first-order chi connectivity index (χ1) is 9.10. The molecule has 0 saturated carbocycles. The summed E-state index contributed by atoms with van der Waals surface area (Å²) in [6, 6.07) is 2.59. The van der Waals surface area contributed by atoms with Gasteiger partial charge in [-0.3, -0.25) is 5.32 Å². The van der Waals surface area contributed by atoms with Crippen molar-refractivity contribution in [2.75, 3.05) is 11.9 Å². The second-order valence-electron chi connectivity index (χ2n) is 4.09. The van der Waals surface area contributed by atoms with Crippen LogP contribution in [0.15, 0.2) is 12.1 Å². The Morgan fingerprint density at radius 1 is 1.30 bits per heavy atom. The van der Waals surface area contributed by atoms with E-state index in [-0.39, 0.29) is 11.3 Å². The second-order valence-corrected chi connectivity index (χ2v) is 4.09. The number of halogens is 3. The molecule has 20 heavy (non-hydrogen) atoms. The van der Waals surface area contributed by atoms with Crippen molar-refractivity contribution < 1.29 is 32.6 Å². The van der Waals surface area contributed by atoms with Crippen molar-refractivity contribution in [2.24, 2.45) is 0 Å². The first-order valence-electron chi connectivity index (χ1n) is 5.45. The third-order valence-electron chi connectivity index (χ3n) is 2.51. The van der Waals surface area contributed by atoms with E-state index < -0.39 is 24.8 Å². The molecule has 1 rings (SSSR count). The molecule has 0 spiro atoms. The predicted molar refractivity (Wildman–Crippen MR) is 63.9 cm³/mol. The van der Waals surface area contributed by atoms with E-state index >= 15 is 0 Å². The quantitative estimate of drug-likeness (QED) is 0.897. The number of rotatable bonds is 3. The maximum Gasteiger partial charge on any atom is 0.422 e. The number of nitrogens with one attached hydrogen (secondary N) is 1. The number of carbonyl (C=O) groups excluding carboxylic acids is 1. The Hall–Kier alpha value is -2.25. The molecule has 1 amide bonds. The molecule has 0 unspecified atom stereocenters. The van der Waals surface area contributed by atoms with Gasteiger partial charge >= 0.3 is 18.2 Å². The lowest BCUT2D eigenvalue weighted by Crippen LogP contribution is -2.23. The molecule has 110 valence electrons. The Kier molecular flexibility index (Phi) is 4.59. The van der Waals surface area contributed by atoms with E-state index in [4.69, 9.17) is 5.11 Å². The maximum absolute atomic E-state index is 11.9. The topological polar surface area (TPSA) is 75.6 Å². The van der Waals surface area contributed by atoms with E-state index in [0.717, 1.165) is 6.07 Å². The summed E-state index contributed by atoms with van der Waals surface area (Å²) >= 11 is 0. The minimum Gasteiger partial charge on any atom is -0.478 e. The standard InChI is InChI=1S/C12H12F3NO4/c1-6-3-8(4-9(7(6)2)10(17)18)16-11(19)20-5-12(13,14)15/h3-4H,5H2,1-2H3,(H,16,19)(H,17,18). The molecule has 1 aromatic carbocycles. The second kappa shape index (κ2) is 5.81. The lowest BCUT2D eigenvalue weighted by Gasteiger charge is -2.12. The van der Waals surface area contributed by atoms with Crippen LogP contribution in [0.3, 0.4) is 0 Å². The highest BCUT2D eigenvalue weighted by molar-refractivity contribution is 5.93. The van der Waals surface area contributed by atoms with Crippen molar-refractivity contribution in [3.63, 3.8) is 0 Å². The number of anilines is 1. The van der Waals surface area contributed by atoms with Gasteiger partial charge in [-0.25, -0.2) is 9.59 Å². The molecule has 0 aliphatic carbocycles. The molecule has 0 aromatic heterocycles. The molecular weight excluding hydrogens is 279 g/mol. The number of aryl methyl sites for hydroxylation is 1. The molecule has 0 aliphatic heterocycles. The van der Waals surface area contributed by atoms with Crippen LogP contribution in [0.2, 0.25) is 0 Å². The van der Waals surface area contributed by atoms with Crippen molar-refractivity contribution in [1.82, 2.24) is 0 Å². The Balaban J connectivity index is 2.83. The van der Waals surface area contributed by atoms with E-state index in [1.54, 1.807) is 13.8 Å². The number of ether oxygens (including phenoxy) is 1. The Morgan fingerprint density at radius 2 is 1.90 bits per heavy atom. The van der Waals surface area contributed by atoms with Gasteiger partial charge in [0.1, 0.15) is 0 Å². The summed E-state index contributed by atoms with van der Waals surface area (Å²) in [5.41, 5.74) is 1.09. The van der Waals surface area contributed by atoms with Crippen LogP contribution in [-0.2, 0) is 4.74 Å². The van der Waals surface area contributed by atoms with E-state index in [9.17, 15) is 22.8 Å². The zero-order chi connectivity index (χ0) is 15.5. The highest BCUT2D eigenvalue weighted by Crippen LogP contribution is 2.21. The van der Waals surface area contributed by atoms with Gasteiger partial charge in [0.15, 0.2) is 6.61 Å². The average molecular weight is 291 g/mol. The fourth-order valence-electron chi connectivity index (χ4n) is 1.45. The van der Waals surface area contributed by atoms with Crippen LogP contribution in [0, 0.1) is 13.8 Å². The van der Waals surface area contributed by atoms with Gasteiger partial charge in [-0.1, -0.05) is 0 Å².